The first-order chi connectivity index (χ1) is 38.8. The average molecular weight is 1200 g/mol. The van der Waals surface area contributed by atoms with E-state index in [0.29, 0.717) is 38.5 Å². The summed E-state index contributed by atoms with van der Waals surface area (Å²) in [5.41, 5.74) is -1.82. The third-order valence-electron chi connectivity index (χ3n) is 21.4. The SMILES string of the molecule is CC(C)=CCC[C@](C)(O[C@@H]1O[C@H](CO[C@@H]2O[C@H](CO)[C@@H](OC(=O)CC(=O)O)[C@H](O)[C@H]2O)[C@@H](O)[C@H](O)[C@H]1O)[C@H]1CC[C@]2(C)[C@@H]1[C@H](O)C[C@@H]1[C@@]3(C)CC[C@H](O[C@@H]4O[C@H](CO)[C@@H](O)[C@H](O)[C@H]4O[C@@H]4O[C@H](CO)[C@@H](O)[C@H](O)[C@H]4O)C(C)(C)[C@@H]3CC[C@]12C. The number of allylic oxidation sites excluding steroid dienone is 2. The van der Waals surface area contributed by atoms with Crippen molar-refractivity contribution in [2.75, 3.05) is 26.4 Å². The number of ether oxygens (including phenoxy) is 9. The number of carboxylic acid groups (broad SMARTS) is 1. The van der Waals surface area contributed by atoms with E-state index in [0.717, 1.165) is 24.8 Å². The molecule has 0 aromatic rings. The molecule has 0 unspecified atom stereocenters. The molecule has 4 heterocycles. The van der Waals surface area contributed by atoms with Gasteiger partial charge in [-0.25, -0.2) is 0 Å². The Hall–Kier alpha value is -2.20. The van der Waals surface area contributed by atoms with Gasteiger partial charge in [-0.05, 0) is 124 Å². The van der Waals surface area contributed by atoms with Gasteiger partial charge in [0.1, 0.15) is 98.0 Å². The summed E-state index contributed by atoms with van der Waals surface area (Å²) in [6.07, 6.45) is -28.0. The first kappa shape index (κ1) is 66.7. The summed E-state index contributed by atoms with van der Waals surface area (Å²) in [5.74, 6) is -3.40. The zero-order valence-electron chi connectivity index (χ0n) is 48.7. The molecule has 83 heavy (non-hydrogen) atoms. The van der Waals surface area contributed by atoms with Crippen LogP contribution in [0.2, 0.25) is 0 Å². The summed E-state index contributed by atoms with van der Waals surface area (Å²) in [6.45, 7) is 14.1. The van der Waals surface area contributed by atoms with Crippen LogP contribution in [-0.4, -0.2) is 256 Å². The Balaban J connectivity index is 0.991. The summed E-state index contributed by atoms with van der Waals surface area (Å²) >= 11 is 0. The van der Waals surface area contributed by atoms with Gasteiger partial charge >= 0.3 is 11.9 Å². The second kappa shape index (κ2) is 25.7. The molecule has 8 fully saturated rings. The minimum Gasteiger partial charge on any atom is -0.481 e. The van der Waals surface area contributed by atoms with Crippen molar-refractivity contribution in [2.24, 2.45) is 45.3 Å². The van der Waals surface area contributed by atoms with Crippen molar-refractivity contribution in [3.8, 4) is 0 Å². The van der Waals surface area contributed by atoms with E-state index >= 15 is 0 Å². The summed E-state index contributed by atoms with van der Waals surface area (Å²) in [6, 6.07) is 0. The molecule has 0 bridgehead atoms. The van der Waals surface area contributed by atoms with Gasteiger partial charge < -0.3 is 119 Å². The van der Waals surface area contributed by atoms with E-state index in [1.807, 2.05) is 20.8 Å². The topological polar surface area (TPSA) is 421 Å². The fourth-order valence-electron chi connectivity index (χ4n) is 16.7. The first-order valence-corrected chi connectivity index (χ1v) is 29.4. The van der Waals surface area contributed by atoms with Gasteiger partial charge in [-0.1, -0.05) is 46.3 Å². The Morgan fingerprint density at radius 1 is 0.590 bits per heavy atom. The molecule has 4 saturated carbocycles. The van der Waals surface area contributed by atoms with E-state index in [9.17, 15) is 81.1 Å². The molecule has 8 rings (SSSR count). The molecule has 8 aliphatic rings. The van der Waals surface area contributed by atoms with Gasteiger partial charge in [0.15, 0.2) is 31.3 Å². The van der Waals surface area contributed by atoms with Gasteiger partial charge in [0, 0.05) is 0 Å². The van der Waals surface area contributed by atoms with Gasteiger partial charge in [0.2, 0.25) is 0 Å². The molecule has 478 valence electrons. The van der Waals surface area contributed by atoms with Gasteiger partial charge in [-0.15, -0.1) is 0 Å². The average Bonchev–Trinajstić information content (AvgIpc) is 1.85. The van der Waals surface area contributed by atoms with Crippen LogP contribution in [0.1, 0.15) is 120 Å². The lowest BCUT2D eigenvalue weighted by Crippen LogP contribution is -2.68. The Kier molecular flexibility index (Phi) is 20.7. The normalized spacial score (nSPS) is 49.6. The highest BCUT2D eigenvalue weighted by molar-refractivity contribution is 5.90. The van der Waals surface area contributed by atoms with Crippen molar-refractivity contribution >= 4 is 11.9 Å². The summed E-state index contributed by atoms with van der Waals surface area (Å²) in [5, 5.41) is 162. The Bertz CT molecular complexity index is 2230. The molecule has 0 radical (unpaired) electrons. The molecule has 0 spiro atoms. The quantitative estimate of drug-likeness (QED) is 0.0283. The maximum absolute atomic E-state index is 12.9. The monoisotopic (exact) mass is 1190 g/mol. The molecule has 26 nitrogen and oxygen atoms in total. The highest BCUT2D eigenvalue weighted by Crippen LogP contribution is 2.76. The predicted molar refractivity (Wildman–Crippen MR) is 282 cm³/mol. The molecule has 0 aromatic heterocycles. The second-order valence-corrected chi connectivity index (χ2v) is 26.8. The lowest BCUT2D eigenvalue weighted by Gasteiger charge is -2.71. The molecule has 30 atom stereocenters. The van der Waals surface area contributed by atoms with Gasteiger partial charge in [0.25, 0.3) is 0 Å². The third-order valence-corrected chi connectivity index (χ3v) is 21.4. The maximum atomic E-state index is 12.9. The molecule has 4 aliphatic carbocycles. The molecular weight excluding hydrogens is 1100 g/mol. The van der Waals surface area contributed by atoms with Crippen molar-refractivity contribution in [3.63, 3.8) is 0 Å². The van der Waals surface area contributed by atoms with Crippen molar-refractivity contribution in [1.29, 1.82) is 0 Å². The Labute approximate surface area is 483 Å². The molecule has 4 aliphatic heterocycles. The van der Waals surface area contributed by atoms with Gasteiger partial charge in [-0.3, -0.25) is 9.59 Å². The number of rotatable bonds is 19. The van der Waals surface area contributed by atoms with Crippen LogP contribution in [-0.2, 0) is 52.2 Å². The molecule has 0 aromatic carbocycles. The van der Waals surface area contributed by atoms with E-state index in [4.69, 9.17) is 47.7 Å². The van der Waals surface area contributed by atoms with E-state index in [1.165, 1.54) is 0 Å². The highest BCUT2D eigenvalue weighted by Gasteiger charge is 2.72. The van der Waals surface area contributed by atoms with E-state index in [-0.39, 0.29) is 34.5 Å². The van der Waals surface area contributed by atoms with Crippen LogP contribution < -0.4 is 0 Å². The molecule has 0 amide bonds. The largest absolute Gasteiger partial charge is 0.481 e. The number of esters is 1. The smallest absolute Gasteiger partial charge is 0.317 e. The molecular formula is C57H94O26. The first-order valence-electron chi connectivity index (χ1n) is 29.4. The number of fused-ring (bicyclic) bond motifs is 5. The van der Waals surface area contributed by atoms with Crippen LogP contribution >= 0.6 is 0 Å². The van der Waals surface area contributed by atoms with Crippen molar-refractivity contribution in [3.05, 3.63) is 11.6 Å². The zero-order chi connectivity index (χ0) is 61.2. The number of hydrogen-bond donors (Lipinski definition) is 15. The number of aliphatic hydroxyl groups is 14. The van der Waals surface area contributed by atoms with E-state index in [2.05, 4.69) is 40.7 Å². The lowest BCUT2D eigenvalue weighted by atomic mass is 9.35. The standard InChI is InChI=1S/C57H94O26/c1-24(2)10-9-14-57(8,83-51-45(73)41(69)39(67)30(79-51)23-75-49-46(74)43(71)47(29(22-60)78-49)81-35(64)19-34(62)63)25-11-16-56(7)36(25)26(61)18-32-54(5)15-13-33(53(3,4)31(54)12-17-55(32,56)6)80-52-48(42(70)38(66)28(21-59)77-52)82-50-44(72)40(68)37(65)27(20-58)76-50/h10,25-33,36-52,58-61,65-74H,9,11-23H2,1-8H3,(H,62,63)/t25-,26+,27+,28+,29+,30+,31-,32+,33-,36-,37+,38+,39+,40-,41-,42-,43+,44+,45+,46+,47+,48+,49+,50-,51-,52-,54-,55+,56+,57-/m0/s1. The van der Waals surface area contributed by atoms with Crippen LogP contribution in [0, 0.1) is 45.3 Å². The predicted octanol–water partition coefficient (Wildman–Crippen LogP) is -2.18. The van der Waals surface area contributed by atoms with Crippen LogP contribution in [0.4, 0.5) is 0 Å². The fourth-order valence-corrected chi connectivity index (χ4v) is 16.7. The number of aliphatic carboxylic acids is 1. The highest BCUT2D eigenvalue weighted by atomic mass is 16.8. The number of aliphatic hydroxyl groups excluding tert-OH is 14. The number of carboxylic acids is 1. The van der Waals surface area contributed by atoms with Crippen LogP contribution in [0.25, 0.3) is 0 Å². The minimum absolute atomic E-state index is 0.00456. The van der Waals surface area contributed by atoms with Crippen molar-refractivity contribution in [2.45, 2.75) is 260 Å². The van der Waals surface area contributed by atoms with Crippen molar-refractivity contribution < 1.29 is 129 Å². The molecule has 26 heteroatoms. The number of hydrogen-bond acceptors (Lipinski definition) is 25. The summed E-state index contributed by atoms with van der Waals surface area (Å²) in [4.78, 5) is 23.2. The van der Waals surface area contributed by atoms with Gasteiger partial charge in [-0.2, -0.15) is 0 Å². The van der Waals surface area contributed by atoms with E-state index in [1.54, 1.807) is 0 Å². The fraction of sp³-hybridized carbons (Fsp3) is 0.930. The summed E-state index contributed by atoms with van der Waals surface area (Å²) in [7, 11) is 0. The second-order valence-electron chi connectivity index (χ2n) is 26.8. The molecule has 4 saturated heterocycles. The van der Waals surface area contributed by atoms with Crippen molar-refractivity contribution in [1.82, 2.24) is 0 Å². The van der Waals surface area contributed by atoms with Crippen LogP contribution in [0.3, 0.4) is 0 Å². The minimum atomic E-state index is -1.92. The number of carbonyl (C=O) groups is 2. The summed E-state index contributed by atoms with van der Waals surface area (Å²) < 4.78 is 54.1. The Morgan fingerprint density at radius 3 is 1.75 bits per heavy atom. The van der Waals surface area contributed by atoms with Gasteiger partial charge in [0.05, 0.1) is 44.2 Å². The Morgan fingerprint density at radius 2 is 1.13 bits per heavy atom. The number of carbonyl (C=O) groups excluding carboxylic acids is 1. The van der Waals surface area contributed by atoms with E-state index < -0.39 is 196 Å². The maximum Gasteiger partial charge on any atom is 0.317 e. The molecule has 15 N–H and O–H groups in total. The zero-order valence-corrected chi connectivity index (χ0v) is 48.7. The van der Waals surface area contributed by atoms with Crippen LogP contribution in [0.15, 0.2) is 11.6 Å². The lowest BCUT2D eigenvalue weighted by molar-refractivity contribution is -0.378. The van der Waals surface area contributed by atoms with Crippen LogP contribution in [0.5, 0.6) is 0 Å². The third kappa shape index (κ3) is 12.3.